The van der Waals surface area contributed by atoms with Crippen molar-refractivity contribution in [1.29, 1.82) is 0 Å². The fourth-order valence-corrected chi connectivity index (χ4v) is 3.28. The smallest absolute Gasteiger partial charge is 0.338 e. The van der Waals surface area contributed by atoms with Gasteiger partial charge in [0.05, 0.1) is 18.3 Å². The number of carboxylic acid groups (broad SMARTS) is 1. The van der Waals surface area contributed by atoms with Crippen LogP contribution in [0.2, 0.25) is 5.15 Å². The van der Waals surface area contributed by atoms with Crippen LogP contribution in [0.3, 0.4) is 0 Å². The molecular formula is C15H15ClN4O2. The van der Waals surface area contributed by atoms with Crippen LogP contribution < -0.4 is 4.90 Å². The zero-order chi connectivity index (χ0) is 15.3. The van der Waals surface area contributed by atoms with Crippen molar-refractivity contribution in [3.63, 3.8) is 0 Å². The Morgan fingerprint density at radius 1 is 1.36 bits per heavy atom. The number of hydrogen-bond donors (Lipinski definition) is 1. The van der Waals surface area contributed by atoms with Crippen molar-refractivity contribution < 1.29 is 9.90 Å². The quantitative estimate of drug-likeness (QED) is 0.874. The number of nitrogens with zero attached hydrogens (tertiary/aromatic N) is 4. The number of halogens is 1. The number of aromatic nitrogens is 3. The van der Waals surface area contributed by atoms with Gasteiger partial charge in [-0.15, -0.1) is 0 Å². The van der Waals surface area contributed by atoms with E-state index in [4.69, 9.17) is 16.7 Å². The largest absolute Gasteiger partial charge is 0.478 e. The van der Waals surface area contributed by atoms with E-state index in [1.807, 2.05) is 12.1 Å². The number of pyridine rings is 1. The van der Waals surface area contributed by atoms with E-state index in [0.717, 1.165) is 36.3 Å². The number of fused-ring (bicyclic) bond motifs is 1. The Kier molecular flexibility index (Phi) is 3.07. The lowest BCUT2D eigenvalue weighted by molar-refractivity contribution is 0.0697. The number of rotatable bonds is 4. The molecule has 3 heterocycles. The molecule has 2 unspecified atom stereocenters. The Bertz CT molecular complexity index is 735. The third kappa shape index (κ3) is 2.43. The molecule has 7 heteroatoms. The third-order valence-corrected chi connectivity index (χ3v) is 4.75. The Labute approximate surface area is 132 Å². The maximum Gasteiger partial charge on any atom is 0.338 e. The summed E-state index contributed by atoms with van der Waals surface area (Å²) in [5.41, 5.74) is 0.992. The molecule has 114 valence electrons. The summed E-state index contributed by atoms with van der Waals surface area (Å²) in [6, 6.07) is 3.92. The van der Waals surface area contributed by atoms with Crippen LogP contribution in [0.1, 0.15) is 22.3 Å². The molecule has 1 aliphatic heterocycles. The van der Waals surface area contributed by atoms with E-state index in [0.29, 0.717) is 11.7 Å². The second-order valence-corrected chi connectivity index (χ2v) is 6.37. The molecule has 1 saturated carbocycles. The molecule has 6 nitrogen and oxygen atoms in total. The third-order valence-electron chi connectivity index (χ3n) is 4.43. The maximum absolute atomic E-state index is 10.9. The van der Waals surface area contributed by atoms with Gasteiger partial charge in [-0.2, -0.15) is 5.10 Å². The number of hydrogen-bond acceptors (Lipinski definition) is 4. The summed E-state index contributed by atoms with van der Waals surface area (Å²) in [5, 5.41) is 13.4. The molecule has 0 bridgehead atoms. The number of aromatic carboxylic acids is 1. The molecule has 2 aromatic heterocycles. The summed E-state index contributed by atoms with van der Waals surface area (Å²) in [5.74, 6) is 1.63. The minimum atomic E-state index is -0.988. The lowest BCUT2D eigenvalue weighted by Crippen LogP contribution is -2.23. The first-order valence-corrected chi connectivity index (χ1v) is 7.64. The lowest BCUT2D eigenvalue weighted by atomic mass is 10.2. The number of anilines is 1. The fourth-order valence-electron chi connectivity index (χ4n) is 3.07. The average molecular weight is 319 g/mol. The molecule has 2 atom stereocenters. The minimum Gasteiger partial charge on any atom is -0.478 e. The summed E-state index contributed by atoms with van der Waals surface area (Å²) in [6.07, 6.45) is 4.17. The predicted molar refractivity (Wildman–Crippen MR) is 81.3 cm³/mol. The Hall–Kier alpha value is -2.08. The Balaban J connectivity index is 1.50. The van der Waals surface area contributed by atoms with Crippen molar-refractivity contribution in [3.8, 4) is 0 Å². The van der Waals surface area contributed by atoms with Crippen LogP contribution in [0.25, 0.3) is 0 Å². The molecule has 22 heavy (non-hydrogen) atoms. The van der Waals surface area contributed by atoms with Gasteiger partial charge >= 0.3 is 5.97 Å². The van der Waals surface area contributed by atoms with Gasteiger partial charge < -0.3 is 10.0 Å². The highest BCUT2D eigenvalue weighted by Crippen LogP contribution is 2.46. The van der Waals surface area contributed by atoms with Crippen LogP contribution in [0.5, 0.6) is 0 Å². The van der Waals surface area contributed by atoms with E-state index in [2.05, 4.69) is 15.0 Å². The van der Waals surface area contributed by atoms with Crippen molar-refractivity contribution in [2.45, 2.75) is 13.0 Å². The molecule has 1 N–H and O–H groups in total. The highest BCUT2D eigenvalue weighted by atomic mass is 35.5. The van der Waals surface area contributed by atoms with Gasteiger partial charge in [0.1, 0.15) is 11.0 Å². The average Bonchev–Trinajstić information content (AvgIpc) is 2.89. The molecule has 0 aromatic carbocycles. The second kappa shape index (κ2) is 4.98. The Morgan fingerprint density at radius 3 is 2.77 bits per heavy atom. The molecular weight excluding hydrogens is 304 g/mol. The normalized spacial score (nSPS) is 22.7. The highest BCUT2D eigenvalue weighted by Gasteiger charge is 2.45. The monoisotopic (exact) mass is 318 g/mol. The van der Waals surface area contributed by atoms with E-state index in [1.165, 1.54) is 18.8 Å². The zero-order valence-corrected chi connectivity index (χ0v) is 12.6. The molecule has 2 aliphatic rings. The highest BCUT2D eigenvalue weighted by molar-refractivity contribution is 6.30. The van der Waals surface area contributed by atoms with E-state index in [-0.39, 0.29) is 5.56 Å². The SMILES string of the molecule is O=C(O)c1cnn(Cc2ccc(N3CC4CC4C3)nc2Cl)c1. The van der Waals surface area contributed by atoms with Crippen molar-refractivity contribution in [2.75, 3.05) is 18.0 Å². The van der Waals surface area contributed by atoms with Gasteiger partial charge in [0.15, 0.2) is 0 Å². The first kappa shape index (κ1) is 13.6. The first-order chi connectivity index (χ1) is 10.6. The summed E-state index contributed by atoms with van der Waals surface area (Å²) in [6.45, 7) is 2.56. The minimum absolute atomic E-state index is 0.164. The maximum atomic E-state index is 10.9. The second-order valence-electron chi connectivity index (χ2n) is 6.01. The summed E-state index contributed by atoms with van der Waals surface area (Å²) in [7, 11) is 0. The number of piperidine rings is 1. The number of carbonyl (C=O) groups is 1. The molecule has 4 rings (SSSR count). The van der Waals surface area contributed by atoms with Crippen LogP contribution in [0, 0.1) is 11.8 Å². The first-order valence-electron chi connectivity index (χ1n) is 7.26. The molecule has 1 saturated heterocycles. The van der Waals surface area contributed by atoms with Gasteiger partial charge in [0.2, 0.25) is 0 Å². The van der Waals surface area contributed by atoms with Crippen LogP contribution in [-0.4, -0.2) is 38.9 Å². The standard InChI is InChI=1S/C15H15ClN4O2/c16-14-9(7-20-8-12(4-17-20)15(21)22)1-2-13(18-14)19-5-10-3-11(10)6-19/h1-2,4,8,10-11H,3,5-7H2,(H,21,22). The van der Waals surface area contributed by atoms with Gasteiger partial charge in [-0.25, -0.2) is 9.78 Å². The summed E-state index contributed by atoms with van der Waals surface area (Å²) >= 11 is 6.28. The van der Waals surface area contributed by atoms with Gasteiger partial charge in [-0.3, -0.25) is 4.68 Å². The number of carboxylic acids is 1. The van der Waals surface area contributed by atoms with E-state index in [9.17, 15) is 4.79 Å². The zero-order valence-electron chi connectivity index (χ0n) is 11.8. The molecule has 0 radical (unpaired) electrons. The van der Waals surface area contributed by atoms with E-state index >= 15 is 0 Å². The topological polar surface area (TPSA) is 71.2 Å². The molecule has 0 spiro atoms. The lowest BCUT2D eigenvalue weighted by Gasteiger charge is -2.19. The molecule has 1 aliphatic carbocycles. The van der Waals surface area contributed by atoms with Gasteiger partial charge in [0.25, 0.3) is 0 Å². The van der Waals surface area contributed by atoms with Crippen LogP contribution in [-0.2, 0) is 6.54 Å². The molecule has 2 fully saturated rings. The fraction of sp³-hybridized carbons (Fsp3) is 0.400. The van der Waals surface area contributed by atoms with Crippen molar-refractivity contribution >= 4 is 23.4 Å². The van der Waals surface area contributed by atoms with E-state index in [1.54, 1.807) is 4.68 Å². The van der Waals surface area contributed by atoms with Crippen molar-refractivity contribution in [3.05, 3.63) is 40.8 Å². The van der Waals surface area contributed by atoms with Crippen LogP contribution >= 0.6 is 11.6 Å². The van der Waals surface area contributed by atoms with Crippen molar-refractivity contribution in [2.24, 2.45) is 11.8 Å². The van der Waals surface area contributed by atoms with Crippen LogP contribution in [0.4, 0.5) is 5.82 Å². The predicted octanol–water partition coefficient (Wildman–Crippen LogP) is 2.13. The van der Waals surface area contributed by atoms with Gasteiger partial charge in [0, 0.05) is 24.8 Å². The van der Waals surface area contributed by atoms with Gasteiger partial charge in [-0.1, -0.05) is 17.7 Å². The Morgan fingerprint density at radius 2 is 2.14 bits per heavy atom. The molecule has 0 amide bonds. The molecule has 2 aromatic rings. The summed E-state index contributed by atoms with van der Waals surface area (Å²) in [4.78, 5) is 17.6. The van der Waals surface area contributed by atoms with E-state index < -0.39 is 5.97 Å². The van der Waals surface area contributed by atoms with Gasteiger partial charge in [-0.05, 0) is 24.3 Å². The van der Waals surface area contributed by atoms with Crippen molar-refractivity contribution in [1.82, 2.24) is 14.8 Å². The summed E-state index contributed by atoms with van der Waals surface area (Å²) < 4.78 is 1.55. The van der Waals surface area contributed by atoms with Crippen LogP contribution in [0.15, 0.2) is 24.5 Å².